The van der Waals surface area contributed by atoms with Crippen molar-refractivity contribution in [2.45, 2.75) is 44.9 Å². The SMILES string of the molecule is Cc1ccc(S(=O)(=O)NCCC(C)(C)CCc2ccccc2)cc1. The van der Waals surface area contributed by atoms with Crippen LogP contribution in [0.25, 0.3) is 0 Å². The molecular formula is C20H27NO2S. The molecule has 0 spiro atoms. The predicted molar refractivity (Wildman–Crippen MR) is 99.5 cm³/mol. The number of nitrogens with one attached hydrogen (secondary N) is 1. The van der Waals surface area contributed by atoms with Crippen LogP contribution >= 0.6 is 0 Å². The van der Waals surface area contributed by atoms with Crippen LogP contribution in [0.2, 0.25) is 0 Å². The monoisotopic (exact) mass is 345 g/mol. The van der Waals surface area contributed by atoms with Crippen LogP contribution < -0.4 is 4.72 Å². The zero-order valence-electron chi connectivity index (χ0n) is 14.7. The van der Waals surface area contributed by atoms with Gasteiger partial charge in [0.1, 0.15) is 0 Å². The molecule has 0 amide bonds. The topological polar surface area (TPSA) is 46.2 Å². The van der Waals surface area contributed by atoms with Crippen LogP contribution in [-0.4, -0.2) is 15.0 Å². The van der Waals surface area contributed by atoms with Gasteiger partial charge in [-0.25, -0.2) is 13.1 Å². The van der Waals surface area contributed by atoms with E-state index in [1.165, 1.54) is 5.56 Å². The van der Waals surface area contributed by atoms with E-state index in [1.807, 2.05) is 25.1 Å². The van der Waals surface area contributed by atoms with Gasteiger partial charge in [-0.1, -0.05) is 61.9 Å². The van der Waals surface area contributed by atoms with E-state index < -0.39 is 10.0 Å². The molecule has 0 aliphatic heterocycles. The molecule has 0 radical (unpaired) electrons. The molecule has 1 N–H and O–H groups in total. The number of benzene rings is 2. The fourth-order valence-electron chi connectivity index (χ4n) is 2.58. The molecule has 0 aliphatic carbocycles. The fourth-order valence-corrected chi connectivity index (χ4v) is 3.61. The Bertz CT molecular complexity index is 735. The molecule has 0 unspecified atom stereocenters. The lowest BCUT2D eigenvalue weighted by atomic mass is 9.83. The van der Waals surface area contributed by atoms with Gasteiger partial charge in [0.25, 0.3) is 0 Å². The normalized spacial score (nSPS) is 12.3. The molecule has 0 atom stereocenters. The third-order valence-electron chi connectivity index (χ3n) is 4.36. The lowest BCUT2D eigenvalue weighted by Gasteiger charge is -2.24. The summed E-state index contributed by atoms with van der Waals surface area (Å²) in [6.45, 7) is 6.78. The lowest BCUT2D eigenvalue weighted by Crippen LogP contribution is -2.28. The van der Waals surface area contributed by atoms with Crippen LogP contribution in [0.5, 0.6) is 0 Å². The van der Waals surface area contributed by atoms with Crippen LogP contribution in [0, 0.1) is 12.3 Å². The number of hydrogen-bond donors (Lipinski definition) is 1. The highest BCUT2D eigenvalue weighted by molar-refractivity contribution is 7.89. The first-order valence-corrected chi connectivity index (χ1v) is 9.87. The Hall–Kier alpha value is -1.65. The molecule has 0 fully saturated rings. The summed E-state index contributed by atoms with van der Waals surface area (Å²) in [4.78, 5) is 0.329. The summed E-state index contributed by atoms with van der Waals surface area (Å²) in [7, 11) is -3.42. The van der Waals surface area contributed by atoms with Crippen molar-refractivity contribution < 1.29 is 8.42 Å². The van der Waals surface area contributed by atoms with Crippen LogP contribution in [0.15, 0.2) is 59.5 Å². The van der Waals surface area contributed by atoms with Crippen LogP contribution in [0.3, 0.4) is 0 Å². The second kappa shape index (κ2) is 7.95. The zero-order chi connectivity index (χ0) is 17.6. The maximum atomic E-state index is 12.3. The van der Waals surface area contributed by atoms with Crippen LogP contribution in [0.4, 0.5) is 0 Å². The average molecular weight is 346 g/mol. The Balaban J connectivity index is 1.84. The molecule has 0 aromatic heterocycles. The summed E-state index contributed by atoms with van der Waals surface area (Å²) in [6.07, 6.45) is 2.85. The van der Waals surface area contributed by atoms with E-state index in [4.69, 9.17) is 0 Å². The molecule has 2 rings (SSSR count). The van der Waals surface area contributed by atoms with Crippen molar-refractivity contribution in [2.75, 3.05) is 6.54 Å². The lowest BCUT2D eigenvalue weighted by molar-refractivity contribution is 0.309. The minimum absolute atomic E-state index is 0.0889. The van der Waals surface area contributed by atoms with Crippen molar-refractivity contribution in [1.29, 1.82) is 0 Å². The molecule has 2 aromatic carbocycles. The number of hydrogen-bond acceptors (Lipinski definition) is 2. The molecule has 0 saturated carbocycles. The van der Waals surface area contributed by atoms with E-state index in [2.05, 4.69) is 42.8 Å². The van der Waals surface area contributed by atoms with Gasteiger partial charge in [-0.15, -0.1) is 0 Å². The van der Waals surface area contributed by atoms with Gasteiger partial charge in [0.05, 0.1) is 4.90 Å². The number of aryl methyl sites for hydroxylation is 2. The van der Waals surface area contributed by atoms with Gasteiger partial charge < -0.3 is 0 Å². The summed E-state index contributed by atoms with van der Waals surface area (Å²) < 4.78 is 27.3. The van der Waals surface area contributed by atoms with E-state index >= 15 is 0 Å². The molecule has 0 aliphatic rings. The second-order valence-electron chi connectivity index (χ2n) is 7.11. The Morgan fingerprint density at radius 1 is 0.917 bits per heavy atom. The first-order valence-electron chi connectivity index (χ1n) is 8.39. The van der Waals surface area contributed by atoms with E-state index in [0.717, 1.165) is 24.8 Å². The zero-order valence-corrected chi connectivity index (χ0v) is 15.6. The molecular weight excluding hydrogens is 318 g/mol. The summed E-state index contributed by atoms with van der Waals surface area (Å²) in [6, 6.07) is 17.3. The summed E-state index contributed by atoms with van der Waals surface area (Å²) in [5.74, 6) is 0. The maximum Gasteiger partial charge on any atom is 0.240 e. The van der Waals surface area contributed by atoms with E-state index in [0.29, 0.717) is 11.4 Å². The highest BCUT2D eigenvalue weighted by Crippen LogP contribution is 2.26. The largest absolute Gasteiger partial charge is 0.240 e. The molecule has 4 heteroatoms. The molecule has 24 heavy (non-hydrogen) atoms. The second-order valence-corrected chi connectivity index (χ2v) is 8.88. The molecule has 0 saturated heterocycles. The van der Waals surface area contributed by atoms with Gasteiger partial charge in [-0.3, -0.25) is 0 Å². The van der Waals surface area contributed by atoms with Crippen LogP contribution in [0.1, 0.15) is 37.8 Å². The van der Waals surface area contributed by atoms with E-state index in [1.54, 1.807) is 12.1 Å². The minimum Gasteiger partial charge on any atom is -0.211 e. The summed E-state index contributed by atoms with van der Waals surface area (Å²) >= 11 is 0. The summed E-state index contributed by atoms with van der Waals surface area (Å²) in [5.41, 5.74) is 2.47. The smallest absolute Gasteiger partial charge is 0.211 e. The van der Waals surface area contributed by atoms with Crippen molar-refractivity contribution in [3.63, 3.8) is 0 Å². The molecule has 2 aromatic rings. The first-order chi connectivity index (χ1) is 11.3. The van der Waals surface area contributed by atoms with Gasteiger partial charge >= 0.3 is 0 Å². The van der Waals surface area contributed by atoms with Gasteiger partial charge in [-0.2, -0.15) is 0 Å². The van der Waals surface area contributed by atoms with Gasteiger partial charge in [0.15, 0.2) is 0 Å². The Labute approximate surface area is 146 Å². The summed E-state index contributed by atoms with van der Waals surface area (Å²) in [5, 5.41) is 0. The van der Waals surface area contributed by atoms with Gasteiger partial charge in [0.2, 0.25) is 10.0 Å². The highest BCUT2D eigenvalue weighted by Gasteiger charge is 2.20. The Kier molecular flexibility index (Phi) is 6.19. The Morgan fingerprint density at radius 3 is 2.17 bits per heavy atom. The first kappa shape index (κ1) is 18.7. The van der Waals surface area contributed by atoms with Crippen molar-refractivity contribution in [3.05, 3.63) is 65.7 Å². The highest BCUT2D eigenvalue weighted by atomic mass is 32.2. The van der Waals surface area contributed by atoms with Crippen molar-refractivity contribution >= 4 is 10.0 Å². The van der Waals surface area contributed by atoms with E-state index in [9.17, 15) is 8.42 Å². The van der Waals surface area contributed by atoms with Crippen molar-refractivity contribution in [3.8, 4) is 0 Å². The maximum absolute atomic E-state index is 12.3. The Morgan fingerprint density at radius 2 is 1.54 bits per heavy atom. The standard InChI is InChI=1S/C20H27NO2S/c1-17-9-11-19(12-10-17)24(22,23)21-16-15-20(2,3)14-13-18-7-5-4-6-8-18/h4-12,21H,13-16H2,1-3H3. The quantitative estimate of drug-likeness (QED) is 0.774. The fraction of sp³-hybridized carbons (Fsp3) is 0.400. The van der Waals surface area contributed by atoms with Crippen LogP contribution in [-0.2, 0) is 16.4 Å². The molecule has 130 valence electrons. The molecule has 0 heterocycles. The van der Waals surface area contributed by atoms with Crippen molar-refractivity contribution in [2.24, 2.45) is 5.41 Å². The van der Waals surface area contributed by atoms with Gasteiger partial charge in [0, 0.05) is 6.54 Å². The third-order valence-corrected chi connectivity index (χ3v) is 5.84. The predicted octanol–water partition coefficient (Wildman–Crippen LogP) is 4.32. The molecule has 3 nitrogen and oxygen atoms in total. The average Bonchev–Trinajstić information content (AvgIpc) is 2.54. The van der Waals surface area contributed by atoms with E-state index in [-0.39, 0.29) is 5.41 Å². The third kappa shape index (κ3) is 5.77. The minimum atomic E-state index is -3.42. The van der Waals surface area contributed by atoms with Crippen molar-refractivity contribution in [1.82, 2.24) is 4.72 Å². The molecule has 0 bridgehead atoms. The number of rotatable bonds is 8. The van der Waals surface area contributed by atoms with Gasteiger partial charge in [-0.05, 0) is 49.3 Å². The number of sulfonamides is 1.